The highest BCUT2D eigenvalue weighted by molar-refractivity contribution is 7.99. The summed E-state index contributed by atoms with van der Waals surface area (Å²) in [6.45, 7) is 2.64. The molecule has 0 unspecified atom stereocenters. The maximum Gasteiger partial charge on any atom is 0.416 e. The van der Waals surface area contributed by atoms with Crippen LogP contribution in [-0.2, 0) is 6.18 Å². The quantitative estimate of drug-likeness (QED) is 0.643. The molecule has 0 saturated carbocycles. The highest BCUT2D eigenvalue weighted by atomic mass is 32.2. The van der Waals surface area contributed by atoms with E-state index >= 15 is 0 Å². The van der Waals surface area contributed by atoms with Crippen LogP contribution in [0.5, 0.6) is 0 Å². The van der Waals surface area contributed by atoms with Gasteiger partial charge in [0, 0.05) is 21.9 Å². The van der Waals surface area contributed by atoms with Gasteiger partial charge in [0.05, 0.1) is 11.3 Å². The van der Waals surface area contributed by atoms with Gasteiger partial charge in [-0.05, 0) is 31.2 Å². The summed E-state index contributed by atoms with van der Waals surface area (Å²) >= 11 is 6.84. The third-order valence-corrected chi connectivity index (χ3v) is 5.04. The predicted octanol–water partition coefficient (Wildman–Crippen LogP) is 5.37. The molecule has 0 spiro atoms. The molecule has 0 aromatic heterocycles. The third kappa shape index (κ3) is 2.61. The van der Waals surface area contributed by atoms with Gasteiger partial charge in [-0.25, -0.2) is 0 Å². The van der Waals surface area contributed by atoms with Gasteiger partial charge < -0.3 is 4.90 Å². The first-order valence-corrected chi connectivity index (χ1v) is 7.94. The molecule has 1 aliphatic heterocycles. The fourth-order valence-electron chi connectivity index (χ4n) is 2.41. The molecule has 0 saturated heterocycles. The molecule has 2 aromatic carbocycles. The summed E-state index contributed by atoms with van der Waals surface area (Å²) in [7, 11) is 0. The average molecular weight is 339 g/mol. The van der Waals surface area contributed by atoms with E-state index < -0.39 is 11.7 Å². The summed E-state index contributed by atoms with van der Waals surface area (Å²) in [4.78, 5) is 3.97. The lowest BCUT2D eigenvalue weighted by Gasteiger charge is -2.23. The summed E-state index contributed by atoms with van der Waals surface area (Å²) in [5.74, 6) is 0. The molecule has 0 amide bonds. The lowest BCUT2D eigenvalue weighted by molar-refractivity contribution is -0.137. The fraction of sp³-hybridized carbons (Fsp3) is 0.188. The van der Waals surface area contributed by atoms with E-state index in [-0.39, 0.29) is 0 Å². The number of halogens is 3. The Bertz CT molecular complexity index is 740. The van der Waals surface area contributed by atoms with Crippen LogP contribution in [0.2, 0.25) is 0 Å². The van der Waals surface area contributed by atoms with Crippen LogP contribution in [0.25, 0.3) is 0 Å². The van der Waals surface area contributed by atoms with Crippen molar-refractivity contribution in [2.24, 2.45) is 0 Å². The average Bonchev–Trinajstić information content (AvgIpc) is 2.59. The van der Waals surface area contributed by atoms with Crippen LogP contribution in [0.4, 0.5) is 18.9 Å². The van der Waals surface area contributed by atoms with Gasteiger partial charge in [-0.1, -0.05) is 42.2 Å². The topological polar surface area (TPSA) is 3.24 Å². The summed E-state index contributed by atoms with van der Waals surface area (Å²) in [5.41, 5.74) is 0.958. The van der Waals surface area contributed by atoms with Crippen LogP contribution in [0, 0.1) is 0 Å². The summed E-state index contributed by atoms with van der Waals surface area (Å²) in [6, 6.07) is 11.4. The Kier molecular flexibility index (Phi) is 3.91. The predicted molar refractivity (Wildman–Crippen MR) is 86.7 cm³/mol. The number of fused-ring (bicyclic) bond motifs is 2. The zero-order chi connectivity index (χ0) is 15.9. The van der Waals surface area contributed by atoms with Crippen molar-refractivity contribution >= 4 is 34.7 Å². The van der Waals surface area contributed by atoms with Gasteiger partial charge in [-0.15, -0.1) is 0 Å². The van der Waals surface area contributed by atoms with Crippen molar-refractivity contribution in [3.05, 3.63) is 53.6 Å². The van der Waals surface area contributed by atoms with Gasteiger partial charge in [0.25, 0.3) is 0 Å². The molecule has 1 aliphatic rings. The van der Waals surface area contributed by atoms with Crippen LogP contribution in [0.15, 0.2) is 52.3 Å². The smallest absolute Gasteiger partial charge is 0.331 e. The van der Waals surface area contributed by atoms with Crippen molar-refractivity contribution in [2.75, 3.05) is 11.4 Å². The van der Waals surface area contributed by atoms with Crippen LogP contribution >= 0.6 is 24.0 Å². The first-order valence-electron chi connectivity index (χ1n) is 6.72. The van der Waals surface area contributed by atoms with Gasteiger partial charge in [-0.2, -0.15) is 13.2 Å². The first kappa shape index (κ1) is 15.4. The highest BCUT2D eigenvalue weighted by Gasteiger charge is 2.32. The minimum Gasteiger partial charge on any atom is -0.331 e. The lowest BCUT2D eigenvalue weighted by atomic mass is 10.1. The molecule has 114 valence electrons. The van der Waals surface area contributed by atoms with Crippen molar-refractivity contribution < 1.29 is 13.2 Å². The van der Waals surface area contributed by atoms with E-state index in [1.54, 1.807) is 0 Å². The molecule has 0 atom stereocenters. The highest BCUT2D eigenvalue weighted by Crippen LogP contribution is 2.43. The second kappa shape index (κ2) is 5.59. The normalized spacial score (nSPS) is 14.4. The van der Waals surface area contributed by atoms with Gasteiger partial charge >= 0.3 is 6.18 Å². The van der Waals surface area contributed by atoms with Crippen LogP contribution in [0.3, 0.4) is 0 Å². The Morgan fingerprint density at radius 2 is 1.82 bits per heavy atom. The maximum absolute atomic E-state index is 12.9. The van der Waals surface area contributed by atoms with Gasteiger partial charge in [0.15, 0.2) is 0 Å². The van der Waals surface area contributed by atoms with Crippen molar-refractivity contribution in [1.82, 2.24) is 0 Å². The summed E-state index contributed by atoms with van der Waals surface area (Å²) in [6.07, 6.45) is -4.35. The third-order valence-electron chi connectivity index (χ3n) is 3.48. The van der Waals surface area contributed by atoms with Crippen molar-refractivity contribution in [2.45, 2.75) is 22.9 Å². The summed E-state index contributed by atoms with van der Waals surface area (Å²) in [5, 5.41) is 0. The second-order valence-electron chi connectivity index (χ2n) is 4.83. The van der Waals surface area contributed by atoms with E-state index in [1.807, 2.05) is 36.1 Å². The monoisotopic (exact) mass is 339 g/mol. The first-order chi connectivity index (χ1) is 10.4. The lowest BCUT2D eigenvalue weighted by Crippen LogP contribution is -2.29. The van der Waals surface area contributed by atoms with E-state index in [0.29, 0.717) is 22.0 Å². The van der Waals surface area contributed by atoms with Gasteiger partial charge in [0.2, 0.25) is 0 Å². The van der Waals surface area contributed by atoms with E-state index in [0.717, 1.165) is 16.6 Å². The molecule has 1 heterocycles. The van der Waals surface area contributed by atoms with Gasteiger partial charge in [-0.3, -0.25) is 0 Å². The SMILES string of the molecule is CCN1C(=S)c2ccc(C(F)(F)F)cc2Sc2ccccc21. The van der Waals surface area contributed by atoms with E-state index in [9.17, 15) is 13.2 Å². The number of para-hydroxylation sites is 1. The fourth-order valence-corrected chi connectivity index (χ4v) is 4.01. The largest absolute Gasteiger partial charge is 0.416 e. The Labute approximate surface area is 136 Å². The molecular weight excluding hydrogens is 327 g/mol. The Morgan fingerprint density at radius 3 is 2.50 bits per heavy atom. The molecule has 6 heteroatoms. The van der Waals surface area contributed by atoms with E-state index in [1.165, 1.54) is 23.9 Å². The Balaban J connectivity index is 2.19. The molecule has 3 rings (SSSR count). The number of thiocarbonyl (C=S) groups is 1. The Morgan fingerprint density at radius 1 is 1.09 bits per heavy atom. The molecule has 0 aliphatic carbocycles. The molecule has 2 aromatic rings. The second-order valence-corrected chi connectivity index (χ2v) is 6.30. The molecule has 0 radical (unpaired) electrons. The van der Waals surface area contributed by atoms with Crippen molar-refractivity contribution in [3.8, 4) is 0 Å². The summed E-state index contributed by atoms with van der Waals surface area (Å²) < 4.78 is 38.8. The number of anilines is 1. The van der Waals surface area contributed by atoms with Crippen molar-refractivity contribution in [3.63, 3.8) is 0 Å². The van der Waals surface area contributed by atoms with E-state index in [4.69, 9.17) is 12.2 Å². The zero-order valence-electron chi connectivity index (χ0n) is 11.6. The van der Waals surface area contributed by atoms with E-state index in [2.05, 4.69) is 0 Å². The Hall–Kier alpha value is -1.53. The standard InChI is InChI=1S/C16H12F3NS2/c1-2-20-12-5-3-4-6-13(12)22-14-9-10(16(17,18)19)7-8-11(14)15(20)21/h3-9H,2H2,1H3. The molecule has 0 bridgehead atoms. The number of benzene rings is 2. The molecule has 22 heavy (non-hydrogen) atoms. The van der Waals surface area contributed by atoms with Crippen molar-refractivity contribution in [1.29, 1.82) is 0 Å². The number of hydrogen-bond donors (Lipinski definition) is 0. The zero-order valence-corrected chi connectivity index (χ0v) is 13.3. The number of rotatable bonds is 1. The molecular formula is C16H12F3NS2. The minimum absolute atomic E-state index is 0.545. The number of alkyl halides is 3. The molecule has 0 N–H and O–H groups in total. The number of nitrogens with zero attached hydrogens (tertiary/aromatic N) is 1. The molecule has 0 fully saturated rings. The maximum atomic E-state index is 12.9. The minimum atomic E-state index is -4.35. The van der Waals surface area contributed by atoms with Crippen LogP contribution < -0.4 is 4.90 Å². The molecule has 1 nitrogen and oxygen atoms in total. The number of hydrogen-bond acceptors (Lipinski definition) is 2. The van der Waals surface area contributed by atoms with Crippen LogP contribution in [0.1, 0.15) is 18.1 Å². The van der Waals surface area contributed by atoms with Gasteiger partial charge in [0.1, 0.15) is 4.99 Å². The van der Waals surface area contributed by atoms with Crippen LogP contribution in [-0.4, -0.2) is 11.5 Å².